The lowest BCUT2D eigenvalue weighted by molar-refractivity contribution is -0.188. The van der Waals surface area contributed by atoms with E-state index in [2.05, 4.69) is 4.74 Å². The Labute approximate surface area is 72.1 Å². The summed E-state index contributed by atoms with van der Waals surface area (Å²) in [5.74, 6) is -2.38. The van der Waals surface area contributed by atoms with Crippen molar-refractivity contribution in [3.05, 3.63) is 0 Å². The Morgan fingerprint density at radius 2 is 2.00 bits per heavy atom. The van der Waals surface area contributed by atoms with Gasteiger partial charge in [0.05, 0.1) is 0 Å². The zero-order valence-electron chi connectivity index (χ0n) is 7.60. The first-order valence-electron chi connectivity index (χ1n) is 4.41. The first-order chi connectivity index (χ1) is 5.52. The average Bonchev–Trinajstić information content (AvgIpc) is 2.32. The van der Waals surface area contributed by atoms with Gasteiger partial charge in [0.25, 0.3) is 5.85 Å². The second kappa shape index (κ2) is 3.42. The van der Waals surface area contributed by atoms with Crippen LogP contribution in [0.5, 0.6) is 0 Å². The predicted molar refractivity (Wildman–Crippen MR) is 43.2 cm³/mol. The van der Waals surface area contributed by atoms with Gasteiger partial charge >= 0.3 is 5.97 Å². The second-order valence-corrected chi connectivity index (χ2v) is 3.56. The highest BCUT2D eigenvalue weighted by molar-refractivity contribution is 5.66. The van der Waals surface area contributed by atoms with Gasteiger partial charge < -0.3 is 4.74 Å². The molecule has 1 unspecified atom stereocenters. The van der Waals surface area contributed by atoms with Crippen LogP contribution in [0, 0.1) is 5.92 Å². The molecule has 0 bridgehead atoms. The van der Waals surface area contributed by atoms with Crippen LogP contribution in [-0.4, -0.2) is 11.8 Å². The molecule has 1 aliphatic carbocycles. The SMILES string of the molecule is CC(=O)OC(C)(F)C1CCCC1. The standard InChI is InChI=1S/C9H15FO2/c1-7(11)12-9(2,10)8-5-3-4-6-8/h8H,3-6H2,1-2H3. The van der Waals surface area contributed by atoms with Crippen LogP contribution in [0.3, 0.4) is 0 Å². The molecule has 0 saturated heterocycles. The molecule has 1 rings (SSSR count). The third-order valence-corrected chi connectivity index (χ3v) is 2.43. The van der Waals surface area contributed by atoms with Crippen LogP contribution in [0.25, 0.3) is 0 Å². The molecule has 0 spiro atoms. The monoisotopic (exact) mass is 174 g/mol. The van der Waals surface area contributed by atoms with Gasteiger partial charge in [-0.2, -0.15) is 4.39 Å². The van der Waals surface area contributed by atoms with Crippen molar-refractivity contribution in [2.45, 2.75) is 45.4 Å². The maximum Gasteiger partial charge on any atom is 0.305 e. The number of ether oxygens (including phenoxy) is 1. The molecular weight excluding hydrogens is 159 g/mol. The minimum atomic E-state index is -1.75. The number of alkyl halides is 1. The van der Waals surface area contributed by atoms with Crippen molar-refractivity contribution in [2.24, 2.45) is 5.92 Å². The van der Waals surface area contributed by atoms with Gasteiger partial charge in [0, 0.05) is 19.8 Å². The molecule has 0 aromatic carbocycles. The van der Waals surface area contributed by atoms with Crippen molar-refractivity contribution in [1.82, 2.24) is 0 Å². The van der Waals surface area contributed by atoms with E-state index in [1.165, 1.54) is 13.8 Å². The molecule has 0 amide bonds. The van der Waals surface area contributed by atoms with Crippen molar-refractivity contribution >= 4 is 5.97 Å². The number of hydrogen-bond acceptors (Lipinski definition) is 2. The van der Waals surface area contributed by atoms with Crippen molar-refractivity contribution in [3.8, 4) is 0 Å². The molecule has 0 aliphatic heterocycles. The maximum absolute atomic E-state index is 13.6. The van der Waals surface area contributed by atoms with Crippen molar-refractivity contribution in [2.75, 3.05) is 0 Å². The Morgan fingerprint density at radius 1 is 1.50 bits per heavy atom. The van der Waals surface area contributed by atoms with Gasteiger partial charge in [-0.05, 0) is 12.8 Å². The number of carbonyl (C=O) groups is 1. The predicted octanol–water partition coefficient (Wildman–Crippen LogP) is 2.43. The summed E-state index contributed by atoms with van der Waals surface area (Å²) in [6.45, 7) is 2.59. The summed E-state index contributed by atoms with van der Waals surface area (Å²) in [6, 6.07) is 0. The van der Waals surface area contributed by atoms with Gasteiger partial charge in [0.15, 0.2) is 0 Å². The molecule has 1 saturated carbocycles. The highest BCUT2D eigenvalue weighted by Crippen LogP contribution is 2.37. The van der Waals surface area contributed by atoms with E-state index in [4.69, 9.17) is 0 Å². The summed E-state index contributed by atoms with van der Waals surface area (Å²) >= 11 is 0. The Bertz CT molecular complexity index is 171. The molecular formula is C9H15FO2. The first-order valence-corrected chi connectivity index (χ1v) is 4.41. The fourth-order valence-electron chi connectivity index (χ4n) is 1.81. The van der Waals surface area contributed by atoms with Crippen LogP contribution in [0.15, 0.2) is 0 Å². The van der Waals surface area contributed by atoms with Gasteiger partial charge in [0.2, 0.25) is 0 Å². The third kappa shape index (κ3) is 2.19. The smallest absolute Gasteiger partial charge is 0.305 e. The van der Waals surface area contributed by atoms with E-state index < -0.39 is 11.8 Å². The van der Waals surface area contributed by atoms with Crippen LogP contribution in [0.4, 0.5) is 4.39 Å². The third-order valence-electron chi connectivity index (χ3n) is 2.43. The van der Waals surface area contributed by atoms with Crippen LogP contribution >= 0.6 is 0 Å². The fourth-order valence-corrected chi connectivity index (χ4v) is 1.81. The lowest BCUT2D eigenvalue weighted by Crippen LogP contribution is -2.33. The number of esters is 1. The van der Waals surface area contributed by atoms with Crippen molar-refractivity contribution in [3.63, 3.8) is 0 Å². The summed E-state index contributed by atoms with van der Waals surface area (Å²) in [6.07, 6.45) is 3.76. The number of rotatable bonds is 2. The van der Waals surface area contributed by atoms with Gasteiger partial charge in [-0.3, -0.25) is 4.79 Å². The molecule has 12 heavy (non-hydrogen) atoms. The van der Waals surface area contributed by atoms with Crippen LogP contribution in [0.1, 0.15) is 39.5 Å². The zero-order chi connectivity index (χ0) is 9.19. The molecule has 0 heterocycles. The van der Waals surface area contributed by atoms with E-state index in [-0.39, 0.29) is 5.92 Å². The van der Waals surface area contributed by atoms with Crippen LogP contribution in [-0.2, 0) is 9.53 Å². The molecule has 1 atom stereocenters. The zero-order valence-corrected chi connectivity index (χ0v) is 7.60. The topological polar surface area (TPSA) is 26.3 Å². The van der Waals surface area contributed by atoms with Crippen molar-refractivity contribution in [1.29, 1.82) is 0 Å². The molecule has 0 N–H and O–H groups in total. The summed E-state index contributed by atoms with van der Waals surface area (Å²) in [7, 11) is 0. The van der Waals surface area contributed by atoms with Gasteiger partial charge in [-0.1, -0.05) is 12.8 Å². The Balaban J connectivity index is 2.50. The van der Waals surface area contributed by atoms with E-state index in [1.807, 2.05) is 0 Å². The molecule has 0 aromatic heterocycles. The number of carbonyl (C=O) groups excluding carboxylic acids is 1. The minimum Gasteiger partial charge on any atom is -0.429 e. The van der Waals surface area contributed by atoms with Gasteiger partial charge in [-0.25, -0.2) is 0 Å². The molecule has 0 aromatic rings. The highest BCUT2D eigenvalue weighted by Gasteiger charge is 2.38. The summed E-state index contributed by atoms with van der Waals surface area (Å²) in [5.41, 5.74) is 0. The summed E-state index contributed by atoms with van der Waals surface area (Å²) < 4.78 is 18.2. The maximum atomic E-state index is 13.6. The minimum absolute atomic E-state index is 0.0959. The van der Waals surface area contributed by atoms with E-state index in [0.717, 1.165) is 25.7 Å². The second-order valence-electron chi connectivity index (χ2n) is 3.56. The lowest BCUT2D eigenvalue weighted by atomic mass is 10.00. The number of halogens is 1. The first kappa shape index (κ1) is 9.49. The van der Waals surface area contributed by atoms with E-state index >= 15 is 0 Å². The Morgan fingerprint density at radius 3 is 2.42 bits per heavy atom. The molecule has 1 fully saturated rings. The Kier molecular flexibility index (Phi) is 2.70. The quantitative estimate of drug-likeness (QED) is 0.601. The van der Waals surface area contributed by atoms with Gasteiger partial charge in [-0.15, -0.1) is 0 Å². The van der Waals surface area contributed by atoms with E-state index in [9.17, 15) is 9.18 Å². The molecule has 1 aliphatic rings. The largest absolute Gasteiger partial charge is 0.429 e. The fraction of sp³-hybridized carbons (Fsp3) is 0.889. The average molecular weight is 174 g/mol. The van der Waals surface area contributed by atoms with Crippen molar-refractivity contribution < 1.29 is 13.9 Å². The van der Waals surface area contributed by atoms with E-state index in [1.54, 1.807) is 0 Å². The summed E-state index contributed by atoms with van der Waals surface area (Å²) in [5, 5.41) is 0. The van der Waals surface area contributed by atoms with Crippen LogP contribution in [0.2, 0.25) is 0 Å². The molecule has 2 nitrogen and oxygen atoms in total. The molecule has 3 heteroatoms. The highest BCUT2D eigenvalue weighted by atomic mass is 19.2. The molecule has 70 valence electrons. The molecule has 0 radical (unpaired) electrons. The Hall–Kier alpha value is -0.600. The lowest BCUT2D eigenvalue weighted by Gasteiger charge is -2.26. The van der Waals surface area contributed by atoms with Gasteiger partial charge in [0.1, 0.15) is 0 Å². The van der Waals surface area contributed by atoms with E-state index in [0.29, 0.717) is 0 Å². The summed E-state index contributed by atoms with van der Waals surface area (Å²) in [4.78, 5) is 10.6. The van der Waals surface area contributed by atoms with Crippen LogP contribution < -0.4 is 0 Å². The normalized spacial score (nSPS) is 23.6. The number of hydrogen-bond donors (Lipinski definition) is 0.